The van der Waals surface area contributed by atoms with Crippen molar-refractivity contribution in [2.45, 2.75) is 19.4 Å². The molecule has 1 aliphatic heterocycles. The number of carbonyl (C=O) groups is 1. The van der Waals surface area contributed by atoms with Crippen molar-refractivity contribution in [3.05, 3.63) is 66.1 Å². The summed E-state index contributed by atoms with van der Waals surface area (Å²) in [6.07, 6.45) is 1.46. The molecule has 0 unspecified atom stereocenters. The molecule has 1 aromatic heterocycles. The molecule has 3 aromatic rings. The molecule has 0 fully saturated rings. The van der Waals surface area contributed by atoms with E-state index in [1.807, 2.05) is 0 Å². The molecule has 0 spiro atoms. The fourth-order valence-electron chi connectivity index (χ4n) is 3.22. The first kappa shape index (κ1) is 21.6. The molecule has 1 N–H and O–H groups in total. The molecule has 0 saturated heterocycles. The Morgan fingerprint density at radius 2 is 1.91 bits per heavy atom. The number of benzene rings is 2. The highest BCUT2D eigenvalue weighted by molar-refractivity contribution is 6.08. The minimum Gasteiger partial charge on any atom is -0.493 e. The van der Waals surface area contributed by atoms with Gasteiger partial charge in [-0.2, -0.15) is 0 Å². The van der Waals surface area contributed by atoms with Crippen LogP contribution in [0.15, 0.2) is 54.7 Å². The van der Waals surface area contributed by atoms with Gasteiger partial charge in [-0.25, -0.2) is 4.39 Å². The number of fused-ring (bicyclic) bond motifs is 1. The molecule has 0 saturated carbocycles. The number of carbonyl (C=O) groups excluding carboxylic acids is 1. The number of rotatable bonds is 6. The number of nitrogens with zero attached hydrogens (tertiary/aromatic N) is 2. The third-order valence-electron chi connectivity index (χ3n) is 4.87. The lowest BCUT2D eigenvalue weighted by molar-refractivity contribution is 0.0276. The van der Waals surface area contributed by atoms with Crippen molar-refractivity contribution < 1.29 is 28.5 Å². The van der Waals surface area contributed by atoms with E-state index >= 15 is 0 Å². The van der Waals surface area contributed by atoms with E-state index in [0.717, 1.165) is 5.56 Å². The summed E-state index contributed by atoms with van der Waals surface area (Å²) >= 11 is 0. The minimum atomic E-state index is -0.996. The summed E-state index contributed by atoms with van der Waals surface area (Å²) in [6, 6.07) is 12.7. The number of aliphatic hydroxyl groups is 1. The molecule has 1 amide bonds. The number of anilines is 1. The van der Waals surface area contributed by atoms with Gasteiger partial charge in [-0.1, -0.05) is 0 Å². The molecule has 0 aliphatic carbocycles. The Morgan fingerprint density at radius 3 is 2.59 bits per heavy atom. The first-order valence-corrected chi connectivity index (χ1v) is 9.99. The summed E-state index contributed by atoms with van der Waals surface area (Å²) in [5.74, 6) is 0.694. The summed E-state index contributed by atoms with van der Waals surface area (Å²) in [5, 5.41) is 9.88. The van der Waals surface area contributed by atoms with Crippen molar-refractivity contribution in [1.82, 2.24) is 4.98 Å². The fraction of sp³-hybridized carbons (Fsp3) is 0.250. The molecule has 2 aromatic carbocycles. The highest BCUT2D eigenvalue weighted by Crippen LogP contribution is 2.36. The van der Waals surface area contributed by atoms with Gasteiger partial charge in [0.15, 0.2) is 18.2 Å². The van der Waals surface area contributed by atoms with Crippen molar-refractivity contribution in [3.8, 4) is 28.5 Å². The van der Waals surface area contributed by atoms with E-state index in [0.29, 0.717) is 34.2 Å². The van der Waals surface area contributed by atoms with Gasteiger partial charge in [-0.05, 0) is 50.2 Å². The minimum absolute atomic E-state index is 0.00569. The first-order chi connectivity index (χ1) is 15.2. The van der Waals surface area contributed by atoms with Gasteiger partial charge in [0, 0.05) is 23.9 Å². The maximum absolute atomic E-state index is 13.2. The molecule has 1 aliphatic rings. The lowest BCUT2D eigenvalue weighted by Crippen LogP contribution is -2.38. The van der Waals surface area contributed by atoms with Crippen LogP contribution in [0.3, 0.4) is 0 Å². The summed E-state index contributed by atoms with van der Waals surface area (Å²) in [5.41, 5.74) is 1.20. The number of amides is 1. The largest absolute Gasteiger partial charge is 0.493 e. The zero-order chi connectivity index (χ0) is 22.9. The SMILES string of the molecule is COc1cc(N2COc3cc(-c4ccc(F)cc4)ncc3C2=O)ccc1OCC(C)(C)O. The fourth-order valence-corrected chi connectivity index (χ4v) is 3.22. The average molecular weight is 438 g/mol. The van der Waals surface area contributed by atoms with Crippen LogP contribution in [0.25, 0.3) is 11.3 Å². The number of hydrogen-bond donors (Lipinski definition) is 1. The molecule has 8 heteroatoms. The third-order valence-corrected chi connectivity index (χ3v) is 4.87. The van der Waals surface area contributed by atoms with Gasteiger partial charge in [-0.15, -0.1) is 0 Å². The number of methoxy groups -OCH3 is 1. The monoisotopic (exact) mass is 438 g/mol. The standard InChI is InChI=1S/C24H23FN2O5/c1-24(2,29)13-31-20-9-8-17(10-22(20)30-3)27-14-32-21-11-19(26-12-18(21)23(27)28)15-4-6-16(25)7-5-15/h4-12,29H,13-14H2,1-3H3. The Bertz CT molecular complexity index is 1140. The quantitative estimate of drug-likeness (QED) is 0.626. The van der Waals surface area contributed by atoms with Gasteiger partial charge in [0.25, 0.3) is 5.91 Å². The summed E-state index contributed by atoms with van der Waals surface area (Å²) in [4.78, 5) is 18.9. The highest BCUT2D eigenvalue weighted by Gasteiger charge is 2.28. The lowest BCUT2D eigenvalue weighted by Gasteiger charge is -2.29. The Kier molecular flexibility index (Phi) is 5.71. The van der Waals surface area contributed by atoms with Crippen LogP contribution in [0.1, 0.15) is 24.2 Å². The van der Waals surface area contributed by atoms with E-state index in [1.165, 1.54) is 30.3 Å². The van der Waals surface area contributed by atoms with Gasteiger partial charge in [0.05, 0.1) is 24.1 Å². The molecule has 4 rings (SSSR count). The zero-order valence-electron chi connectivity index (χ0n) is 18.0. The van der Waals surface area contributed by atoms with Crippen LogP contribution in [-0.2, 0) is 0 Å². The second-order valence-corrected chi connectivity index (χ2v) is 8.02. The summed E-state index contributed by atoms with van der Waals surface area (Å²) in [6.45, 7) is 3.38. The smallest absolute Gasteiger partial charge is 0.266 e. The van der Waals surface area contributed by atoms with E-state index in [2.05, 4.69) is 4.98 Å². The Hall–Kier alpha value is -3.65. The number of hydrogen-bond acceptors (Lipinski definition) is 6. The average Bonchev–Trinajstić information content (AvgIpc) is 2.77. The maximum Gasteiger partial charge on any atom is 0.266 e. The van der Waals surface area contributed by atoms with Crippen LogP contribution >= 0.6 is 0 Å². The number of ether oxygens (including phenoxy) is 3. The van der Waals surface area contributed by atoms with E-state index in [1.54, 1.807) is 50.2 Å². The number of halogens is 1. The molecule has 7 nitrogen and oxygen atoms in total. The molecule has 2 heterocycles. The molecule has 32 heavy (non-hydrogen) atoms. The van der Waals surface area contributed by atoms with Gasteiger partial charge in [0.2, 0.25) is 0 Å². The van der Waals surface area contributed by atoms with Gasteiger partial charge in [-0.3, -0.25) is 14.7 Å². The van der Waals surface area contributed by atoms with Crippen LogP contribution in [-0.4, -0.2) is 42.0 Å². The van der Waals surface area contributed by atoms with Gasteiger partial charge >= 0.3 is 0 Å². The Balaban J connectivity index is 1.57. The molecule has 0 radical (unpaired) electrons. The van der Waals surface area contributed by atoms with Crippen molar-refractivity contribution in [2.24, 2.45) is 0 Å². The van der Waals surface area contributed by atoms with Crippen molar-refractivity contribution in [2.75, 3.05) is 25.3 Å². The van der Waals surface area contributed by atoms with Crippen molar-refractivity contribution in [1.29, 1.82) is 0 Å². The summed E-state index contributed by atoms with van der Waals surface area (Å²) < 4.78 is 30.0. The van der Waals surface area contributed by atoms with Crippen LogP contribution in [0.4, 0.5) is 10.1 Å². The predicted octanol–water partition coefficient (Wildman–Crippen LogP) is 4.04. The Labute approximate surface area is 185 Å². The molecular weight excluding hydrogens is 415 g/mol. The van der Waals surface area contributed by atoms with E-state index in [4.69, 9.17) is 14.2 Å². The van der Waals surface area contributed by atoms with Crippen LogP contribution in [0, 0.1) is 5.82 Å². The van der Waals surface area contributed by atoms with Crippen LogP contribution < -0.4 is 19.1 Å². The van der Waals surface area contributed by atoms with Crippen molar-refractivity contribution >= 4 is 11.6 Å². The van der Waals surface area contributed by atoms with Gasteiger partial charge in [0.1, 0.15) is 23.7 Å². The topological polar surface area (TPSA) is 81.1 Å². The first-order valence-electron chi connectivity index (χ1n) is 9.99. The van der Waals surface area contributed by atoms with E-state index in [9.17, 15) is 14.3 Å². The molecule has 166 valence electrons. The number of aromatic nitrogens is 1. The summed E-state index contributed by atoms with van der Waals surface area (Å²) in [7, 11) is 1.50. The lowest BCUT2D eigenvalue weighted by atomic mass is 10.1. The van der Waals surface area contributed by atoms with E-state index in [-0.39, 0.29) is 25.1 Å². The van der Waals surface area contributed by atoms with E-state index < -0.39 is 5.60 Å². The maximum atomic E-state index is 13.2. The van der Waals surface area contributed by atoms with Crippen LogP contribution in [0.5, 0.6) is 17.2 Å². The second-order valence-electron chi connectivity index (χ2n) is 8.02. The molecule has 0 atom stereocenters. The molecule has 0 bridgehead atoms. The highest BCUT2D eigenvalue weighted by atomic mass is 19.1. The number of pyridine rings is 1. The van der Waals surface area contributed by atoms with Crippen molar-refractivity contribution in [3.63, 3.8) is 0 Å². The Morgan fingerprint density at radius 1 is 1.16 bits per heavy atom. The zero-order valence-corrected chi connectivity index (χ0v) is 18.0. The third kappa shape index (κ3) is 4.50. The molecular formula is C24H23FN2O5. The predicted molar refractivity (Wildman–Crippen MR) is 117 cm³/mol. The second kappa shape index (κ2) is 8.47. The van der Waals surface area contributed by atoms with Crippen LogP contribution in [0.2, 0.25) is 0 Å². The van der Waals surface area contributed by atoms with Gasteiger partial charge < -0.3 is 19.3 Å². The normalized spacial score (nSPS) is 13.4.